The van der Waals surface area contributed by atoms with Crippen molar-refractivity contribution in [3.8, 4) is 22.4 Å². The third kappa shape index (κ3) is 6.95. The molecule has 174 valence electrons. The average Bonchev–Trinajstić information content (AvgIpc) is 3.36. The first-order valence-corrected chi connectivity index (χ1v) is 12.2. The second-order valence-electron chi connectivity index (χ2n) is 8.72. The molecule has 0 fully saturated rings. The Morgan fingerprint density at radius 1 is 0.765 bits per heavy atom. The molecule has 34 heavy (non-hydrogen) atoms. The smallest absolute Gasteiger partial charge is 0.137 e. The van der Waals surface area contributed by atoms with Gasteiger partial charge in [-0.25, -0.2) is 0 Å². The molecule has 0 N–H and O–H groups in total. The Bertz CT molecular complexity index is 1150. The molecular weight excluding hydrogens is 420 g/mol. The summed E-state index contributed by atoms with van der Waals surface area (Å²) >= 11 is 0. The number of rotatable bonds is 13. The van der Waals surface area contributed by atoms with Crippen molar-refractivity contribution < 1.29 is 4.79 Å². The van der Waals surface area contributed by atoms with Crippen LogP contribution < -0.4 is 0 Å². The first kappa shape index (κ1) is 23.6. The molecule has 2 heterocycles. The molecule has 0 unspecified atom stereocenters. The van der Waals surface area contributed by atoms with Crippen LogP contribution in [0.2, 0.25) is 0 Å². The monoisotopic (exact) mass is 452 g/mol. The molecule has 0 radical (unpaired) electrons. The van der Waals surface area contributed by atoms with Crippen LogP contribution in [0, 0.1) is 0 Å². The van der Waals surface area contributed by atoms with Gasteiger partial charge in [0.1, 0.15) is 11.5 Å². The maximum absolute atomic E-state index is 12.6. The second kappa shape index (κ2) is 12.6. The lowest BCUT2D eigenvalue weighted by Crippen LogP contribution is -2.04. The summed E-state index contributed by atoms with van der Waals surface area (Å²) in [6.07, 6.45) is 13.4. The number of hydrogen-bond acceptors (Lipinski definition) is 4. The summed E-state index contributed by atoms with van der Waals surface area (Å²) in [5.41, 5.74) is 5.32. The quantitative estimate of drug-likeness (QED) is 0.216. The van der Waals surface area contributed by atoms with Gasteiger partial charge in [0.05, 0.1) is 6.20 Å². The number of aryl methyl sites for hydroxylation is 1. The number of nitrogens with zero attached hydrogens (tertiary/aromatic N) is 4. The fourth-order valence-electron chi connectivity index (χ4n) is 4.23. The molecule has 0 saturated carbocycles. The van der Waals surface area contributed by atoms with Crippen LogP contribution in [0.15, 0.2) is 85.3 Å². The van der Waals surface area contributed by atoms with E-state index in [1.165, 1.54) is 24.8 Å². The maximum atomic E-state index is 12.6. The van der Waals surface area contributed by atoms with E-state index in [9.17, 15) is 4.79 Å². The van der Waals surface area contributed by atoms with E-state index >= 15 is 0 Å². The van der Waals surface area contributed by atoms with Gasteiger partial charge < -0.3 is 0 Å². The van der Waals surface area contributed by atoms with Gasteiger partial charge in [-0.2, -0.15) is 0 Å². The number of unbranched alkanes of at least 4 members (excludes halogenated alkanes) is 5. The molecule has 0 bridgehead atoms. The highest BCUT2D eigenvalue weighted by Gasteiger charge is 2.09. The fraction of sp³-hybridized carbons (Fsp3) is 0.310. The summed E-state index contributed by atoms with van der Waals surface area (Å²) in [6, 6.07) is 22.5. The van der Waals surface area contributed by atoms with Crippen LogP contribution in [0.1, 0.15) is 50.5 Å². The Kier molecular flexibility index (Phi) is 8.72. The van der Waals surface area contributed by atoms with Gasteiger partial charge in [-0.1, -0.05) is 85.5 Å². The van der Waals surface area contributed by atoms with Crippen molar-refractivity contribution in [1.29, 1.82) is 0 Å². The highest BCUT2D eigenvalue weighted by molar-refractivity contribution is 5.83. The van der Waals surface area contributed by atoms with Crippen LogP contribution in [0.4, 0.5) is 0 Å². The van der Waals surface area contributed by atoms with Gasteiger partial charge in [-0.3, -0.25) is 14.5 Å². The zero-order valence-electron chi connectivity index (χ0n) is 19.6. The Hall–Kier alpha value is -3.60. The summed E-state index contributed by atoms with van der Waals surface area (Å²) < 4.78 is 1.91. The molecule has 0 saturated heterocycles. The SMILES string of the molecule is O=C(CCCCCCCCn1cc(-c2cccnc2)nn1)Cc1ccccc1-c1ccccc1. The molecule has 2 aromatic carbocycles. The first-order chi connectivity index (χ1) is 16.8. The molecule has 0 atom stereocenters. The highest BCUT2D eigenvalue weighted by Crippen LogP contribution is 2.24. The molecular formula is C29H32N4O. The summed E-state index contributed by atoms with van der Waals surface area (Å²) in [4.78, 5) is 16.7. The van der Waals surface area contributed by atoms with Crippen LogP contribution in [-0.4, -0.2) is 25.8 Å². The van der Waals surface area contributed by atoms with E-state index in [-0.39, 0.29) is 0 Å². The van der Waals surface area contributed by atoms with Gasteiger partial charge in [0.15, 0.2) is 0 Å². The standard InChI is InChI=1S/C29H32N4O/c34-27(21-25-15-9-10-18-28(25)24-13-6-5-7-14-24)17-8-3-1-2-4-11-20-33-23-29(31-32-33)26-16-12-19-30-22-26/h5-7,9-10,12-16,18-19,22-23H,1-4,8,11,17,20-21H2. The Balaban J connectivity index is 1.10. The topological polar surface area (TPSA) is 60.7 Å². The van der Waals surface area contributed by atoms with Crippen molar-refractivity contribution in [1.82, 2.24) is 20.0 Å². The molecule has 5 heteroatoms. The molecule has 4 rings (SSSR count). The third-order valence-corrected chi connectivity index (χ3v) is 6.08. The first-order valence-electron chi connectivity index (χ1n) is 12.2. The summed E-state index contributed by atoms with van der Waals surface area (Å²) in [5.74, 6) is 0.332. The summed E-state index contributed by atoms with van der Waals surface area (Å²) in [7, 11) is 0. The molecule has 4 aromatic rings. The molecule has 2 aromatic heterocycles. The number of Topliss-reactive ketones (excluding diaryl/α,β-unsaturated/α-hetero) is 1. The Morgan fingerprint density at radius 2 is 1.50 bits per heavy atom. The number of carbonyl (C=O) groups excluding carboxylic acids is 1. The molecule has 0 aliphatic carbocycles. The van der Waals surface area contributed by atoms with Crippen molar-refractivity contribution >= 4 is 5.78 Å². The van der Waals surface area contributed by atoms with E-state index in [1.807, 2.05) is 53.3 Å². The number of pyridine rings is 1. The fourth-order valence-corrected chi connectivity index (χ4v) is 4.23. The minimum atomic E-state index is 0.332. The highest BCUT2D eigenvalue weighted by atomic mass is 16.1. The normalized spacial score (nSPS) is 10.9. The van der Waals surface area contributed by atoms with Crippen molar-refractivity contribution in [3.05, 3.63) is 90.9 Å². The summed E-state index contributed by atoms with van der Waals surface area (Å²) in [6.45, 7) is 0.882. The zero-order valence-corrected chi connectivity index (χ0v) is 19.6. The Labute approximate surface area is 201 Å². The number of carbonyl (C=O) groups is 1. The predicted octanol–water partition coefficient (Wildman–Crippen LogP) is 6.55. The molecule has 0 spiro atoms. The van der Waals surface area contributed by atoms with Crippen LogP contribution >= 0.6 is 0 Å². The van der Waals surface area contributed by atoms with Gasteiger partial charge in [0.2, 0.25) is 0 Å². The Morgan fingerprint density at radius 3 is 2.32 bits per heavy atom. The minimum absolute atomic E-state index is 0.332. The van der Waals surface area contributed by atoms with Gasteiger partial charge in [0.25, 0.3) is 0 Å². The van der Waals surface area contributed by atoms with E-state index in [4.69, 9.17) is 0 Å². The lowest BCUT2D eigenvalue weighted by Gasteiger charge is -2.09. The zero-order chi connectivity index (χ0) is 23.4. The molecule has 0 aliphatic heterocycles. The number of hydrogen-bond donors (Lipinski definition) is 0. The average molecular weight is 453 g/mol. The van der Waals surface area contributed by atoms with E-state index in [0.29, 0.717) is 18.6 Å². The van der Waals surface area contributed by atoms with Crippen molar-refractivity contribution in [2.75, 3.05) is 0 Å². The minimum Gasteiger partial charge on any atom is -0.299 e. The van der Waals surface area contributed by atoms with Crippen LogP contribution in [-0.2, 0) is 17.8 Å². The molecule has 0 aliphatic rings. The van der Waals surface area contributed by atoms with Gasteiger partial charge in [-0.05, 0) is 41.7 Å². The van der Waals surface area contributed by atoms with Gasteiger partial charge in [-0.15, -0.1) is 5.10 Å². The van der Waals surface area contributed by atoms with E-state index in [1.54, 1.807) is 12.4 Å². The predicted molar refractivity (Wildman–Crippen MR) is 136 cm³/mol. The van der Waals surface area contributed by atoms with E-state index in [2.05, 4.69) is 39.6 Å². The van der Waals surface area contributed by atoms with Crippen molar-refractivity contribution in [2.45, 2.75) is 57.9 Å². The molecule has 0 amide bonds. The second-order valence-corrected chi connectivity index (χ2v) is 8.72. The molecule has 5 nitrogen and oxygen atoms in total. The summed E-state index contributed by atoms with van der Waals surface area (Å²) in [5, 5.41) is 8.46. The largest absolute Gasteiger partial charge is 0.299 e. The van der Waals surface area contributed by atoms with Crippen LogP contribution in [0.25, 0.3) is 22.4 Å². The van der Waals surface area contributed by atoms with E-state index in [0.717, 1.165) is 48.2 Å². The van der Waals surface area contributed by atoms with Crippen LogP contribution in [0.5, 0.6) is 0 Å². The van der Waals surface area contributed by atoms with E-state index < -0.39 is 0 Å². The number of benzene rings is 2. The van der Waals surface area contributed by atoms with Crippen molar-refractivity contribution in [3.63, 3.8) is 0 Å². The third-order valence-electron chi connectivity index (χ3n) is 6.08. The number of aromatic nitrogens is 4. The van der Waals surface area contributed by atoms with Crippen molar-refractivity contribution in [2.24, 2.45) is 0 Å². The lowest BCUT2D eigenvalue weighted by atomic mass is 9.95. The van der Waals surface area contributed by atoms with Gasteiger partial charge >= 0.3 is 0 Å². The lowest BCUT2D eigenvalue weighted by molar-refractivity contribution is -0.118. The van der Waals surface area contributed by atoms with Crippen LogP contribution in [0.3, 0.4) is 0 Å². The number of ketones is 1. The maximum Gasteiger partial charge on any atom is 0.137 e. The van der Waals surface area contributed by atoms with Gasteiger partial charge in [0, 0.05) is 37.3 Å².